The molecule has 0 spiro atoms. The van der Waals surface area contributed by atoms with Gasteiger partial charge >= 0.3 is 0 Å². The average Bonchev–Trinajstić information content (AvgIpc) is 2.54. The van der Waals surface area contributed by atoms with Crippen LogP contribution >= 0.6 is 0 Å². The Balaban J connectivity index is 1.95. The molecule has 0 radical (unpaired) electrons. The number of rotatable bonds is 3. The maximum Gasteiger partial charge on any atom is 0.128 e. The standard InChI is InChI=1S/C18H13FN2/c19-17-8-4-1-5-14(17)12-21-18-10-9-13(11-20)15-6-2-3-7-16(15)18/h1-10,21H,12H2. The van der Waals surface area contributed by atoms with Gasteiger partial charge < -0.3 is 5.32 Å². The first kappa shape index (κ1) is 13.1. The first-order chi connectivity index (χ1) is 10.3. The number of nitriles is 1. The Hall–Kier alpha value is -2.86. The summed E-state index contributed by atoms with van der Waals surface area (Å²) in [5.41, 5.74) is 2.15. The maximum atomic E-state index is 13.6. The minimum Gasteiger partial charge on any atom is -0.380 e. The fourth-order valence-corrected chi connectivity index (χ4v) is 2.38. The summed E-state index contributed by atoms with van der Waals surface area (Å²) in [6, 6.07) is 20.3. The number of anilines is 1. The number of fused-ring (bicyclic) bond motifs is 1. The Morgan fingerprint density at radius 2 is 1.62 bits per heavy atom. The van der Waals surface area contributed by atoms with Crippen molar-refractivity contribution < 1.29 is 4.39 Å². The molecule has 0 amide bonds. The van der Waals surface area contributed by atoms with Crippen molar-refractivity contribution in [3.63, 3.8) is 0 Å². The molecular weight excluding hydrogens is 263 g/mol. The second-order valence-electron chi connectivity index (χ2n) is 4.76. The molecule has 0 aliphatic heterocycles. The van der Waals surface area contributed by atoms with E-state index in [2.05, 4.69) is 11.4 Å². The molecule has 0 saturated heterocycles. The molecule has 0 unspecified atom stereocenters. The van der Waals surface area contributed by atoms with E-state index >= 15 is 0 Å². The molecule has 0 fully saturated rings. The zero-order chi connectivity index (χ0) is 14.7. The van der Waals surface area contributed by atoms with Gasteiger partial charge in [0.15, 0.2) is 0 Å². The monoisotopic (exact) mass is 276 g/mol. The van der Waals surface area contributed by atoms with Crippen LogP contribution in [0.4, 0.5) is 10.1 Å². The molecule has 0 bridgehead atoms. The molecular formula is C18H13FN2. The Labute approximate surface area is 122 Å². The molecule has 0 saturated carbocycles. The van der Waals surface area contributed by atoms with Gasteiger partial charge in [0.1, 0.15) is 5.82 Å². The average molecular weight is 276 g/mol. The smallest absolute Gasteiger partial charge is 0.128 e. The molecule has 3 rings (SSSR count). The first-order valence-electron chi connectivity index (χ1n) is 6.69. The van der Waals surface area contributed by atoms with Crippen molar-refractivity contribution in [2.24, 2.45) is 0 Å². The SMILES string of the molecule is N#Cc1ccc(NCc2ccccc2F)c2ccccc12. The third kappa shape index (κ3) is 2.56. The maximum absolute atomic E-state index is 13.6. The summed E-state index contributed by atoms with van der Waals surface area (Å²) in [4.78, 5) is 0. The lowest BCUT2D eigenvalue weighted by Crippen LogP contribution is -2.02. The highest BCUT2D eigenvalue weighted by atomic mass is 19.1. The van der Waals surface area contributed by atoms with Gasteiger partial charge in [0, 0.05) is 28.6 Å². The zero-order valence-electron chi connectivity index (χ0n) is 11.3. The van der Waals surface area contributed by atoms with E-state index in [1.54, 1.807) is 18.2 Å². The van der Waals surface area contributed by atoms with Crippen LogP contribution in [0, 0.1) is 17.1 Å². The minimum absolute atomic E-state index is 0.219. The van der Waals surface area contributed by atoms with Crippen molar-refractivity contribution in [2.45, 2.75) is 6.54 Å². The number of benzene rings is 3. The predicted octanol–water partition coefficient (Wildman–Crippen LogP) is 4.46. The van der Waals surface area contributed by atoms with Gasteiger partial charge in [-0.1, -0.05) is 42.5 Å². The molecule has 0 aliphatic rings. The third-order valence-electron chi connectivity index (χ3n) is 3.47. The molecule has 102 valence electrons. The number of nitrogens with one attached hydrogen (secondary N) is 1. The van der Waals surface area contributed by atoms with Gasteiger partial charge in [-0.3, -0.25) is 0 Å². The summed E-state index contributed by atoms with van der Waals surface area (Å²) in [5, 5.41) is 14.3. The molecule has 0 heterocycles. The first-order valence-corrected chi connectivity index (χ1v) is 6.69. The highest BCUT2D eigenvalue weighted by Gasteiger charge is 2.06. The molecule has 21 heavy (non-hydrogen) atoms. The van der Waals surface area contributed by atoms with Crippen LogP contribution in [0.1, 0.15) is 11.1 Å². The highest BCUT2D eigenvalue weighted by Crippen LogP contribution is 2.26. The quantitative estimate of drug-likeness (QED) is 0.766. The van der Waals surface area contributed by atoms with E-state index in [4.69, 9.17) is 5.26 Å². The molecule has 0 atom stereocenters. The number of nitrogens with zero attached hydrogens (tertiary/aromatic N) is 1. The van der Waals surface area contributed by atoms with Crippen LogP contribution in [0.15, 0.2) is 60.7 Å². The number of hydrogen-bond donors (Lipinski definition) is 1. The molecule has 3 aromatic carbocycles. The normalized spacial score (nSPS) is 10.3. The van der Waals surface area contributed by atoms with Gasteiger partial charge in [0.2, 0.25) is 0 Å². The van der Waals surface area contributed by atoms with Gasteiger partial charge in [0.05, 0.1) is 11.6 Å². The molecule has 0 aliphatic carbocycles. The van der Waals surface area contributed by atoms with Gasteiger partial charge in [-0.15, -0.1) is 0 Å². The van der Waals surface area contributed by atoms with Crippen molar-refractivity contribution >= 4 is 16.5 Å². The fourth-order valence-electron chi connectivity index (χ4n) is 2.38. The van der Waals surface area contributed by atoms with Crippen molar-refractivity contribution in [3.8, 4) is 6.07 Å². The van der Waals surface area contributed by atoms with Crippen LogP contribution in [0.25, 0.3) is 10.8 Å². The van der Waals surface area contributed by atoms with Crippen LogP contribution in [0.3, 0.4) is 0 Å². The number of halogens is 1. The second kappa shape index (κ2) is 5.64. The van der Waals surface area contributed by atoms with Crippen LogP contribution in [0.5, 0.6) is 0 Å². The van der Waals surface area contributed by atoms with Crippen molar-refractivity contribution in [1.29, 1.82) is 5.26 Å². The van der Waals surface area contributed by atoms with E-state index in [9.17, 15) is 4.39 Å². The summed E-state index contributed by atoms with van der Waals surface area (Å²) in [6.07, 6.45) is 0. The van der Waals surface area contributed by atoms with Crippen LogP contribution < -0.4 is 5.32 Å². The van der Waals surface area contributed by atoms with Crippen molar-refractivity contribution in [2.75, 3.05) is 5.32 Å². The van der Waals surface area contributed by atoms with Gasteiger partial charge in [-0.05, 0) is 18.2 Å². The second-order valence-corrected chi connectivity index (χ2v) is 4.76. The van der Waals surface area contributed by atoms with Crippen LogP contribution in [0.2, 0.25) is 0 Å². The largest absolute Gasteiger partial charge is 0.380 e. The van der Waals surface area contributed by atoms with Crippen molar-refractivity contribution in [1.82, 2.24) is 0 Å². The Kier molecular flexibility index (Phi) is 3.53. The lowest BCUT2D eigenvalue weighted by Gasteiger charge is -2.11. The van der Waals surface area contributed by atoms with E-state index in [0.717, 1.165) is 16.5 Å². The summed E-state index contributed by atoms with van der Waals surface area (Å²) >= 11 is 0. The van der Waals surface area contributed by atoms with Crippen LogP contribution in [-0.4, -0.2) is 0 Å². The summed E-state index contributed by atoms with van der Waals surface area (Å²) in [5.74, 6) is -0.219. The summed E-state index contributed by atoms with van der Waals surface area (Å²) in [6.45, 7) is 0.405. The number of hydrogen-bond acceptors (Lipinski definition) is 2. The minimum atomic E-state index is -0.219. The van der Waals surface area contributed by atoms with E-state index in [1.165, 1.54) is 6.07 Å². The Morgan fingerprint density at radius 3 is 2.38 bits per heavy atom. The van der Waals surface area contributed by atoms with Gasteiger partial charge in [-0.2, -0.15) is 5.26 Å². The lowest BCUT2D eigenvalue weighted by molar-refractivity contribution is 0.613. The Bertz CT molecular complexity index is 834. The molecule has 3 aromatic rings. The molecule has 0 aromatic heterocycles. The highest BCUT2D eigenvalue weighted by molar-refractivity contribution is 5.97. The Morgan fingerprint density at radius 1 is 0.905 bits per heavy atom. The topological polar surface area (TPSA) is 35.8 Å². The predicted molar refractivity (Wildman–Crippen MR) is 82.4 cm³/mol. The van der Waals surface area contributed by atoms with E-state index in [1.807, 2.05) is 36.4 Å². The van der Waals surface area contributed by atoms with Gasteiger partial charge in [-0.25, -0.2) is 4.39 Å². The molecule has 3 heteroatoms. The lowest BCUT2D eigenvalue weighted by atomic mass is 10.0. The van der Waals surface area contributed by atoms with Crippen LogP contribution in [-0.2, 0) is 6.54 Å². The third-order valence-corrected chi connectivity index (χ3v) is 3.47. The van der Waals surface area contributed by atoms with E-state index in [-0.39, 0.29) is 5.82 Å². The van der Waals surface area contributed by atoms with E-state index < -0.39 is 0 Å². The van der Waals surface area contributed by atoms with Gasteiger partial charge in [0.25, 0.3) is 0 Å². The summed E-state index contributed by atoms with van der Waals surface area (Å²) < 4.78 is 13.6. The molecule has 2 nitrogen and oxygen atoms in total. The summed E-state index contributed by atoms with van der Waals surface area (Å²) in [7, 11) is 0. The molecule has 1 N–H and O–H groups in total. The fraction of sp³-hybridized carbons (Fsp3) is 0.0556. The van der Waals surface area contributed by atoms with Crippen molar-refractivity contribution in [3.05, 3.63) is 77.6 Å². The van der Waals surface area contributed by atoms with E-state index in [0.29, 0.717) is 17.7 Å². The zero-order valence-corrected chi connectivity index (χ0v) is 11.3.